The van der Waals surface area contributed by atoms with Gasteiger partial charge in [-0.15, -0.1) is 0 Å². The van der Waals surface area contributed by atoms with Crippen LogP contribution in [0, 0.1) is 11.3 Å². The van der Waals surface area contributed by atoms with Crippen molar-refractivity contribution in [3.8, 4) is 6.07 Å². The predicted octanol–water partition coefficient (Wildman–Crippen LogP) is 2.17. The number of carboxylic acids is 1. The summed E-state index contributed by atoms with van der Waals surface area (Å²) in [6.07, 6.45) is 2.79. The van der Waals surface area contributed by atoms with Gasteiger partial charge in [0, 0.05) is 10.7 Å². The van der Waals surface area contributed by atoms with Crippen LogP contribution in [-0.2, 0) is 15.0 Å². The monoisotopic (exact) mass is 585 g/mol. The van der Waals surface area contributed by atoms with Gasteiger partial charge < -0.3 is 26.4 Å². The molecule has 38 heavy (non-hydrogen) atoms. The van der Waals surface area contributed by atoms with Crippen molar-refractivity contribution in [2.24, 2.45) is 4.99 Å². The molecule has 2 aliphatic rings. The summed E-state index contributed by atoms with van der Waals surface area (Å²) < 4.78 is 13.9. The molecule has 4 rings (SSSR count). The lowest BCUT2D eigenvalue weighted by atomic mass is 9.93. The third kappa shape index (κ3) is 6.83. The molecule has 198 valence electrons. The highest BCUT2D eigenvalue weighted by Gasteiger charge is 2.45. The molecule has 0 spiro atoms. The number of hydrogen-bond donors (Lipinski definition) is 5. The summed E-state index contributed by atoms with van der Waals surface area (Å²) >= 11 is 3.41. The second-order valence-corrected chi connectivity index (χ2v) is 10.0. The molecule has 13 heteroatoms. The van der Waals surface area contributed by atoms with E-state index >= 15 is 0 Å². The molecule has 1 aromatic heterocycles. The van der Waals surface area contributed by atoms with Gasteiger partial charge in [0.05, 0.1) is 61.0 Å². The van der Waals surface area contributed by atoms with Crippen LogP contribution >= 0.6 is 15.9 Å². The summed E-state index contributed by atoms with van der Waals surface area (Å²) in [5.41, 5.74) is 1.34. The van der Waals surface area contributed by atoms with E-state index in [2.05, 4.69) is 53.2 Å². The van der Waals surface area contributed by atoms with E-state index in [9.17, 15) is 29.1 Å². The lowest BCUT2D eigenvalue weighted by Crippen LogP contribution is -2.41. The number of anilines is 1. The Labute approximate surface area is 226 Å². The van der Waals surface area contributed by atoms with Gasteiger partial charge in [-0.2, -0.15) is 5.26 Å². The predicted molar refractivity (Wildman–Crippen MR) is 139 cm³/mol. The lowest BCUT2D eigenvalue weighted by Gasteiger charge is -2.20. The highest BCUT2D eigenvalue weighted by molar-refractivity contribution is 9.10. The maximum Gasteiger partial charge on any atom is 0.305 e. The molecule has 1 saturated carbocycles. The van der Waals surface area contributed by atoms with Gasteiger partial charge in [0.25, 0.3) is 5.91 Å². The van der Waals surface area contributed by atoms with Crippen molar-refractivity contribution in [2.75, 3.05) is 25.0 Å². The Hall–Kier alpha value is -4.05. The van der Waals surface area contributed by atoms with Crippen LogP contribution in [0.15, 0.2) is 46.1 Å². The number of alkyl halides is 1. The van der Waals surface area contributed by atoms with Crippen molar-refractivity contribution in [1.29, 1.82) is 5.26 Å². The fourth-order valence-corrected chi connectivity index (χ4v) is 4.50. The molecule has 0 bridgehead atoms. The fraction of sp³-hybridized carbons (Fsp3) is 0.360. The molecule has 2 heterocycles. The molecule has 1 fully saturated rings. The number of hydrogen-bond acceptors (Lipinski definition) is 8. The van der Waals surface area contributed by atoms with E-state index in [1.807, 2.05) is 6.07 Å². The standard InChI is InChI=1S/C25H25BrFN7O4/c26-17-4-14(3-16(6-17)25(13-28)1-2-25)20(7-22(36)37)34-21(35)12-30-23(38)15-5-19(11-29-8-15)33-24-31-9-18(27)10-32-24/h3-6,8,11,18,20H,1-2,7,9-10,12H2,(H,30,38)(H,34,35)(H,36,37)(H2,31,32,33)/t20-/m0/s1. The minimum atomic E-state index is -1.11. The number of carbonyl (C=O) groups is 3. The molecule has 1 aromatic carbocycles. The van der Waals surface area contributed by atoms with Crippen molar-refractivity contribution >= 4 is 45.4 Å². The molecule has 2 amide bonds. The number of guanidine groups is 1. The molecule has 0 radical (unpaired) electrons. The van der Waals surface area contributed by atoms with Gasteiger partial charge >= 0.3 is 5.97 Å². The van der Waals surface area contributed by atoms with Crippen LogP contribution in [-0.4, -0.2) is 59.6 Å². The number of nitrogens with zero attached hydrogens (tertiary/aromatic N) is 3. The maximum atomic E-state index is 13.2. The van der Waals surface area contributed by atoms with Gasteiger partial charge in [0.1, 0.15) is 6.17 Å². The lowest BCUT2D eigenvalue weighted by molar-refractivity contribution is -0.137. The Balaban J connectivity index is 1.38. The Morgan fingerprint density at radius 3 is 2.71 bits per heavy atom. The summed E-state index contributed by atoms with van der Waals surface area (Å²) in [5.74, 6) is -1.91. The van der Waals surface area contributed by atoms with Gasteiger partial charge in [-0.1, -0.05) is 22.0 Å². The molecular weight excluding hydrogens is 561 g/mol. The fourth-order valence-electron chi connectivity index (χ4n) is 3.99. The molecule has 1 unspecified atom stereocenters. The number of rotatable bonds is 9. The molecule has 11 nitrogen and oxygen atoms in total. The number of pyridine rings is 1. The van der Waals surface area contributed by atoms with Crippen molar-refractivity contribution < 1.29 is 23.9 Å². The van der Waals surface area contributed by atoms with E-state index < -0.39 is 42.0 Å². The van der Waals surface area contributed by atoms with E-state index in [1.165, 1.54) is 18.5 Å². The molecule has 2 atom stereocenters. The number of benzene rings is 1. The average molecular weight is 586 g/mol. The number of nitriles is 1. The molecular formula is C25H25BrFN7O4. The van der Waals surface area contributed by atoms with Crippen LogP contribution in [0.25, 0.3) is 0 Å². The van der Waals surface area contributed by atoms with E-state index in [1.54, 1.807) is 12.1 Å². The van der Waals surface area contributed by atoms with Crippen molar-refractivity contribution in [1.82, 2.24) is 20.9 Å². The van der Waals surface area contributed by atoms with E-state index in [-0.39, 0.29) is 25.1 Å². The summed E-state index contributed by atoms with van der Waals surface area (Å²) in [6.45, 7) is -0.249. The van der Waals surface area contributed by atoms with Gasteiger partial charge in [-0.05, 0) is 42.2 Å². The second kappa shape index (κ2) is 11.6. The largest absolute Gasteiger partial charge is 0.481 e. The van der Waals surface area contributed by atoms with Gasteiger partial charge in [0.2, 0.25) is 5.91 Å². The molecule has 1 aliphatic carbocycles. The third-order valence-corrected chi connectivity index (χ3v) is 6.62. The molecule has 0 saturated heterocycles. The zero-order valence-corrected chi connectivity index (χ0v) is 21.7. The first-order valence-electron chi connectivity index (χ1n) is 11.8. The van der Waals surface area contributed by atoms with Crippen LogP contribution in [0.3, 0.4) is 0 Å². The van der Waals surface area contributed by atoms with E-state index in [0.29, 0.717) is 21.7 Å². The molecule has 2 aromatic rings. The smallest absolute Gasteiger partial charge is 0.305 e. The number of aliphatic imine (C=N–C) groups is 1. The minimum Gasteiger partial charge on any atom is -0.481 e. The zero-order valence-electron chi connectivity index (χ0n) is 20.1. The van der Waals surface area contributed by atoms with Crippen molar-refractivity contribution in [3.63, 3.8) is 0 Å². The number of carboxylic acid groups (broad SMARTS) is 1. The highest BCUT2D eigenvalue weighted by Crippen LogP contribution is 2.48. The summed E-state index contributed by atoms with van der Waals surface area (Å²) in [6, 6.07) is 8.22. The van der Waals surface area contributed by atoms with Crippen LogP contribution < -0.4 is 21.3 Å². The number of halogens is 2. The van der Waals surface area contributed by atoms with Gasteiger partial charge in [-0.25, -0.2) is 9.38 Å². The first-order chi connectivity index (χ1) is 18.2. The van der Waals surface area contributed by atoms with Crippen LogP contribution in [0.5, 0.6) is 0 Å². The average Bonchev–Trinajstić information content (AvgIpc) is 3.69. The number of aromatic nitrogens is 1. The van der Waals surface area contributed by atoms with Crippen LogP contribution in [0.2, 0.25) is 0 Å². The van der Waals surface area contributed by atoms with E-state index in [0.717, 1.165) is 18.4 Å². The Morgan fingerprint density at radius 2 is 2.05 bits per heavy atom. The third-order valence-electron chi connectivity index (χ3n) is 6.16. The number of nitrogens with one attached hydrogen (secondary N) is 4. The Bertz CT molecular complexity index is 1330. The Kier molecular flexibility index (Phi) is 8.21. The van der Waals surface area contributed by atoms with Crippen LogP contribution in [0.4, 0.5) is 10.1 Å². The minimum absolute atomic E-state index is 0.0291. The van der Waals surface area contributed by atoms with Gasteiger partial charge in [-0.3, -0.25) is 19.4 Å². The number of aliphatic carboxylic acids is 1. The van der Waals surface area contributed by atoms with E-state index in [4.69, 9.17) is 0 Å². The highest BCUT2D eigenvalue weighted by atomic mass is 79.9. The normalized spacial score (nSPS) is 18.1. The number of amides is 2. The Morgan fingerprint density at radius 1 is 1.26 bits per heavy atom. The van der Waals surface area contributed by atoms with Crippen molar-refractivity contribution in [3.05, 3.63) is 57.8 Å². The van der Waals surface area contributed by atoms with Crippen molar-refractivity contribution in [2.45, 2.75) is 36.9 Å². The summed E-state index contributed by atoms with van der Waals surface area (Å²) in [4.78, 5) is 44.8. The zero-order chi connectivity index (χ0) is 27.3. The maximum absolute atomic E-state index is 13.2. The van der Waals surface area contributed by atoms with Crippen LogP contribution in [0.1, 0.15) is 46.8 Å². The SMILES string of the molecule is N#CC1(c2cc(Br)cc([C@H](CC(=O)O)NC(=O)CNC(=O)c3cncc(NC4=NCC(F)CN4)c3)c2)CC1. The summed E-state index contributed by atoms with van der Waals surface area (Å²) in [5, 5.41) is 29.8. The number of carbonyl (C=O) groups excluding carboxylic acids is 2. The molecule has 1 aliphatic heterocycles. The summed E-state index contributed by atoms with van der Waals surface area (Å²) in [7, 11) is 0. The second-order valence-electron chi connectivity index (χ2n) is 9.12. The first-order valence-corrected chi connectivity index (χ1v) is 12.6. The first kappa shape index (κ1) is 27.0. The molecule has 5 N–H and O–H groups in total. The topological polar surface area (TPSA) is 169 Å². The quantitative estimate of drug-likeness (QED) is 0.298. The van der Waals surface area contributed by atoms with Gasteiger partial charge in [0.15, 0.2) is 5.96 Å².